The molecule has 2 aromatic carbocycles. The lowest BCUT2D eigenvalue weighted by atomic mass is 9.68. The first kappa shape index (κ1) is 21.9. The largest absolute Gasteiger partial charge is 0.447 e. The van der Waals surface area contributed by atoms with Gasteiger partial charge in [-0.25, -0.2) is 4.79 Å². The van der Waals surface area contributed by atoms with Gasteiger partial charge in [0, 0.05) is 23.0 Å². The highest BCUT2D eigenvalue weighted by molar-refractivity contribution is 6.30. The molecule has 2 fully saturated rings. The topological polar surface area (TPSA) is 55.6 Å². The maximum Gasteiger partial charge on any atom is 0.410 e. The summed E-state index contributed by atoms with van der Waals surface area (Å²) in [4.78, 5) is 14.5. The summed E-state index contributed by atoms with van der Waals surface area (Å²) in [6.07, 6.45) is 4.44. The van der Waals surface area contributed by atoms with E-state index < -0.39 is 0 Å². The fraction of sp³-hybridized carbons (Fsp3) is 0.435. The first-order chi connectivity index (χ1) is 13.6. The van der Waals surface area contributed by atoms with E-state index in [-0.39, 0.29) is 36.0 Å². The average Bonchev–Trinajstić information content (AvgIpc) is 3.09. The zero-order chi connectivity index (χ0) is 19.6. The van der Waals surface area contributed by atoms with E-state index in [2.05, 4.69) is 18.2 Å². The lowest BCUT2D eigenvalue weighted by Gasteiger charge is -2.43. The summed E-state index contributed by atoms with van der Waals surface area (Å²) in [5, 5.41) is 0.749. The van der Waals surface area contributed by atoms with Crippen molar-refractivity contribution in [1.82, 2.24) is 4.90 Å². The number of hydrogen-bond donors (Lipinski definition) is 1. The minimum atomic E-state index is -0.172. The summed E-state index contributed by atoms with van der Waals surface area (Å²) < 4.78 is 5.43. The van der Waals surface area contributed by atoms with Gasteiger partial charge in [0.25, 0.3) is 0 Å². The van der Waals surface area contributed by atoms with E-state index in [9.17, 15) is 4.79 Å². The molecule has 0 bridgehead atoms. The molecule has 1 atom stereocenters. The number of halogens is 2. The zero-order valence-electron chi connectivity index (χ0n) is 16.4. The average molecular weight is 435 g/mol. The Hall–Kier alpha value is -1.75. The van der Waals surface area contributed by atoms with Gasteiger partial charge in [0.05, 0.1) is 6.04 Å². The quantitative estimate of drug-likeness (QED) is 0.722. The Bertz CT molecular complexity index is 823. The number of carbonyl (C=O) groups excluding carboxylic acids is 1. The van der Waals surface area contributed by atoms with Crippen molar-refractivity contribution in [3.8, 4) is 0 Å². The maximum atomic E-state index is 12.5. The summed E-state index contributed by atoms with van der Waals surface area (Å²) in [5.74, 6) is 0. The molecule has 0 aromatic heterocycles. The fourth-order valence-corrected chi connectivity index (χ4v) is 5.01. The van der Waals surface area contributed by atoms with Crippen LogP contribution in [0.3, 0.4) is 0 Å². The monoisotopic (exact) mass is 434 g/mol. The number of nitrogens with zero attached hydrogens (tertiary/aromatic N) is 1. The van der Waals surface area contributed by atoms with Crippen LogP contribution < -0.4 is 5.73 Å². The number of hydrogen-bond acceptors (Lipinski definition) is 3. The predicted octanol–water partition coefficient (Wildman–Crippen LogP) is 4.96. The number of benzene rings is 2. The van der Waals surface area contributed by atoms with E-state index in [0.717, 1.165) is 37.1 Å². The second-order valence-corrected chi connectivity index (χ2v) is 8.49. The van der Waals surface area contributed by atoms with Crippen molar-refractivity contribution in [3.05, 3.63) is 70.7 Å². The highest BCUT2D eigenvalue weighted by atomic mass is 35.5. The van der Waals surface area contributed by atoms with Gasteiger partial charge in [0.1, 0.15) is 6.61 Å². The number of nitrogens with two attached hydrogens (primary N) is 1. The third-order valence-corrected chi connectivity index (χ3v) is 6.69. The SMILES string of the molecule is Cl.NC[C@]1(c2cccc(Cl)c2)CC[C@@H](N2C(=O)OC[C@@H]2Cc2ccccc2)CC1. The molecule has 1 aliphatic heterocycles. The molecule has 2 aromatic rings. The third kappa shape index (κ3) is 4.55. The van der Waals surface area contributed by atoms with Crippen LogP contribution in [0.25, 0.3) is 0 Å². The van der Waals surface area contributed by atoms with E-state index in [4.69, 9.17) is 22.1 Å². The molecular formula is C23H28Cl2N2O2. The highest BCUT2D eigenvalue weighted by Gasteiger charge is 2.43. The second-order valence-electron chi connectivity index (χ2n) is 8.05. The van der Waals surface area contributed by atoms with E-state index in [1.165, 1.54) is 11.1 Å². The molecule has 0 unspecified atom stereocenters. The van der Waals surface area contributed by atoms with Crippen LogP contribution in [0, 0.1) is 0 Å². The standard InChI is InChI=1S/C23H27ClN2O2.ClH/c24-19-8-4-7-18(14-19)23(16-25)11-9-20(10-12-23)26-21(15-28-22(26)27)13-17-5-2-1-3-6-17;/h1-8,14,20-21H,9-13,15-16,25H2;1H/t20-,21-,23+;/m0./s1. The Kier molecular flexibility index (Phi) is 7.10. The molecule has 2 N–H and O–H groups in total. The summed E-state index contributed by atoms with van der Waals surface area (Å²) in [7, 11) is 0. The number of amides is 1. The molecule has 2 aliphatic rings. The highest BCUT2D eigenvalue weighted by Crippen LogP contribution is 2.42. The molecule has 4 rings (SSSR count). The minimum Gasteiger partial charge on any atom is -0.447 e. The van der Waals surface area contributed by atoms with Crippen LogP contribution in [0.4, 0.5) is 4.79 Å². The summed E-state index contributed by atoms with van der Waals surface area (Å²) in [6.45, 7) is 1.07. The fourth-order valence-electron chi connectivity index (χ4n) is 4.82. The summed E-state index contributed by atoms with van der Waals surface area (Å²) in [6, 6.07) is 18.7. The van der Waals surface area contributed by atoms with Gasteiger partial charge in [-0.3, -0.25) is 4.90 Å². The van der Waals surface area contributed by atoms with E-state index >= 15 is 0 Å². The number of ether oxygens (including phenoxy) is 1. The Morgan fingerprint density at radius 2 is 1.83 bits per heavy atom. The van der Waals surface area contributed by atoms with E-state index in [0.29, 0.717) is 13.2 Å². The van der Waals surface area contributed by atoms with Crippen molar-refractivity contribution < 1.29 is 9.53 Å². The van der Waals surface area contributed by atoms with Crippen molar-refractivity contribution in [2.75, 3.05) is 13.2 Å². The van der Waals surface area contributed by atoms with Gasteiger partial charge in [-0.1, -0.05) is 54.1 Å². The van der Waals surface area contributed by atoms with Crippen molar-refractivity contribution in [2.45, 2.75) is 49.6 Å². The van der Waals surface area contributed by atoms with Crippen molar-refractivity contribution >= 4 is 30.1 Å². The first-order valence-electron chi connectivity index (χ1n) is 10.1. The number of carbonyl (C=O) groups is 1. The van der Waals surface area contributed by atoms with Crippen LogP contribution in [0.15, 0.2) is 54.6 Å². The smallest absolute Gasteiger partial charge is 0.410 e. The number of cyclic esters (lactones) is 1. The summed E-state index contributed by atoms with van der Waals surface area (Å²) >= 11 is 6.22. The van der Waals surface area contributed by atoms with Gasteiger partial charge in [-0.2, -0.15) is 0 Å². The molecule has 0 spiro atoms. The van der Waals surface area contributed by atoms with Gasteiger partial charge in [0.15, 0.2) is 0 Å². The van der Waals surface area contributed by atoms with Crippen LogP contribution in [0.2, 0.25) is 5.02 Å². The lowest BCUT2D eigenvalue weighted by molar-refractivity contribution is 0.117. The van der Waals surface area contributed by atoms with Crippen molar-refractivity contribution in [3.63, 3.8) is 0 Å². The minimum absolute atomic E-state index is 0. The predicted molar refractivity (Wildman–Crippen MR) is 119 cm³/mol. The normalized spacial score (nSPS) is 26.7. The molecule has 1 heterocycles. The van der Waals surface area contributed by atoms with Gasteiger partial charge in [0.2, 0.25) is 0 Å². The molecule has 29 heavy (non-hydrogen) atoms. The Labute approximate surface area is 183 Å². The van der Waals surface area contributed by atoms with E-state index in [1.807, 2.05) is 41.3 Å². The van der Waals surface area contributed by atoms with Gasteiger partial charge in [-0.05, 0) is 55.4 Å². The molecule has 1 amide bonds. The Balaban J connectivity index is 0.00000240. The second kappa shape index (κ2) is 9.38. The van der Waals surface area contributed by atoms with Crippen molar-refractivity contribution in [1.29, 1.82) is 0 Å². The first-order valence-corrected chi connectivity index (χ1v) is 10.4. The van der Waals surface area contributed by atoms with Crippen LogP contribution in [-0.4, -0.2) is 36.2 Å². The van der Waals surface area contributed by atoms with Gasteiger partial charge >= 0.3 is 6.09 Å². The van der Waals surface area contributed by atoms with Crippen LogP contribution in [0.1, 0.15) is 36.8 Å². The molecule has 6 heteroatoms. The molecule has 4 nitrogen and oxygen atoms in total. The molecule has 1 saturated heterocycles. The molecule has 156 valence electrons. The number of rotatable bonds is 5. The maximum absolute atomic E-state index is 12.5. The lowest BCUT2D eigenvalue weighted by Crippen LogP contribution is -2.49. The van der Waals surface area contributed by atoms with Crippen molar-refractivity contribution in [2.24, 2.45) is 5.73 Å². The molecular weight excluding hydrogens is 407 g/mol. The zero-order valence-corrected chi connectivity index (χ0v) is 18.0. The van der Waals surface area contributed by atoms with Gasteiger partial charge in [-0.15, -0.1) is 12.4 Å². The Morgan fingerprint density at radius 1 is 1.10 bits per heavy atom. The third-order valence-electron chi connectivity index (χ3n) is 6.45. The van der Waals surface area contributed by atoms with Crippen LogP contribution in [0.5, 0.6) is 0 Å². The molecule has 0 radical (unpaired) electrons. The molecule has 1 aliphatic carbocycles. The van der Waals surface area contributed by atoms with Crippen LogP contribution in [-0.2, 0) is 16.6 Å². The summed E-state index contributed by atoms with van der Waals surface area (Å²) in [5.41, 5.74) is 8.62. The van der Waals surface area contributed by atoms with Crippen LogP contribution >= 0.6 is 24.0 Å². The van der Waals surface area contributed by atoms with Gasteiger partial charge < -0.3 is 10.5 Å². The molecule has 1 saturated carbocycles. The Morgan fingerprint density at radius 3 is 2.48 bits per heavy atom. The van der Waals surface area contributed by atoms with E-state index in [1.54, 1.807) is 0 Å².